The number of benzene rings is 3. The summed E-state index contributed by atoms with van der Waals surface area (Å²) in [5.74, 6) is -0.862. The maximum absolute atomic E-state index is 13.3. The number of hydrogen-bond donors (Lipinski definition) is 1. The third kappa shape index (κ3) is 4.60. The molecule has 156 valence electrons. The number of imide groups is 1. The molecule has 0 spiro atoms. The van der Waals surface area contributed by atoms with E-state index in [0.717, 1.165) is 15.4 Å². The molecule has 1 N–H and O–H groups in total. The van der Waals surface area contributed by atoms with Crippen molar-refractivity contribution in [1.82, 2.24) is 0 Å². The van der Waals surface area contributed by atoms with Gasteiger partial charge in [-0.15, -0.1) is 0 Å². The number of thioether (sulfide) groups is 1. The molecule has 0 atom stereocenters. The van der Waals surface area contributed by atoms with Crippen molar-refractivity contribution in [3.05, 3.63) is 98.0 Å². The Morgan fingerprint density at radius 1 is 0.774 bits per heavy atom. The summed E-state index contributed by atoms with van der Waals surface area (Å²) in [4.78, 5) is 28.9. The smallest absolute Gasteiger partial charge is 0.283 e. The van der Waals surface area contributed by atoms with Crippen LogP contribution in [-0.2, 0) is 9.59 Å². The molecular formula is C23H15Cl3N2O2S. The second-order valence-corrected chi connectivity index (χ2v) is 9.16. The van der Waals surface area contributed by atoms with Crippen LogP contribution in [0.3, 0.4) is 0 Å². The first-order valence-electron chi connectivity index (χ1n) is 9.19. The highest BCUT2D eigenvalue weighted by molar-refractivity contribution is 8.04. The average molecular weight is 490 g/mol. The molecule has 1 aliphatic rings. The Kier molecular flexibility index (Phi) is 6.30. The zero-order valence-corrected chi connectivity index (χ0v) is 19.2. The van der Waals surface area contributed by atoms with E-state index >= 15 is 0 Å². The minimum Gasteiger partial charge on any atom is -0.350 e. The van der Waals surface area contributed by atoms with Crippen molar-refractivity contribution in [2.24, 2.45) is 0 Å². The van der Waals surface area contributed by atoms with Crippen LogP contribution < -0.4 is 10.2 Å². The van der Waals surface area contributed by atoms with Gasteiger partial charge in [-0.1, -0.05) is 46.6 Å². The van der Waals surface area contributed by atoms with Crippen molar-refractivity contribution < 1.29 is 9.59 Å². The van der Waals surface area contributed by atoms with Crippen molar-refractivity contribution in [3.8, 4) is 0 Å². The highest BCUT2D eigenvalue weighted by atomic mass is 35.5. The maximum atomic E-state index is 13.3. The summed E-state index contributed by atoms with van der Waals surface area (Å²) in [6.45, 7) is 1.87. The lowest BCUT2D eigenvalue weighted by Crippen LogP contribution is -2.32. The van der Waals surface area contributed by atoms with Crippen molar-refractivity contribution in [2.45, 2.75) is 11.8 Å². The second-order valence-electron chi connectivity index (χ2n) is 6.77. The fourth-order valence-electron chi connectivity index (χ4n) is 3.06. The molecular weight excluding hydrogens is 475 g/mol. The molecule has 4 nitrogen and oxygen atoms in total. The van der Waals surface area contributed by atoms with E-state index in [1.807, 2.05) is 6.92 Å². The molecule has 2 amide bonds. The predicted octanol–water partition coefficient (Wildman–Crippen LogP) is 6.94. The fraction of sp³-hybridized carbons (Fsp3) is 0.0435. The van der Waals surface area contributed by atoms with E-state index in [1.54, 1.807) is 66.7 Å². The Bertz CT molecular complexity index is 1210. The maximum Gasteiger partial charge on any atom is 0.283 e. The number of rotatable bonds is 5. The zero-order chi connectivity index (χ0) is 22.1. The van der Waals surface area contributed by atoms with Gasteiger partial charge in [-0.3, -0.25) is 9.59 Å². The molecule has 0 bridgehead atoms. The highest BCUT2D eigenvalue weighted by Gasteiger charge is 2.40. The largest absolute Gasteiger partial charge is 0.350 e. The summed E-state index contributed by atoms with van der Waals surface area (Å²) in [5.41, 5.74) is 2.18. The van der Waals surface area contributed by atoms with Gasteiger partial charge >= 0.3 is 0 Å². The number of aryl methyl sites for hydroxylation is 1. The van der Waals surface area contributed by atoms with E-state index in [2.05, 4.69) is 5.32 Å². The van der Waals surface area contributed by atoms with Gasteiger partial charge in [0.1, 0.15) is 10.6 Å². The van der Waals surface area contributed by atoms with Crippen molar-refractivity contribution >= 4 is 69.8 Å². The van der Waals surface area contributed by atoms with Gasteiger partial charge in [-0.25, -0.2) is 4.90 Å². The number of hydrogen-bond acceptors (Lipinski definition) is 4. The Balaban J connectivity index is 1.75. The molecule has 0 unspecified atom stereocenters. The highest BCUT2D eigenvalue weighted by Crippen LogP contribution is 2.38. The Hall–Kier alpha value is -2.44. The van der Waals surface area contributed by atoms with Crippen LogP contribution in [0.5, 0.6) is 0 Å². The molecule has 8 heteroatoms. The fourth-order valence-corrected chi connectivity index (χ4v) is 4.47. The van der Waals surface area contributed by atoms with Crippen molar-refractivity contribution in [2.75, 3.05) is 10.2 Å². The minimum absolute atomic E-state index is 0.199. The average Bonchev–Trinajstić information content (AvgIpc) is 2.96. The van der Waals surface area contributed by atoms with E-state index in [0.29, 0.717) is 26.4 Å². The van der Waals surface area contributed by atoms with Gasteiger partial charge < -0.3 is 5.32 Å². The van der Waals surface area contributed by atoms with Crippen LogP contribution in [0.4, 0.5) is 11.4 Å². The SMILES string of the molecule is Cc1cc(Cl)ccc1NC1=C(Sc2ccc(Cl)cc2)C(=O)N(c2ccc(Cl)cc2)C1=O. The topological polar surface area (TPSA) is 49.4 Å². The standard InChI is InChI=1S/C23H15Cl3N2O2S/c1-13-12-16(26)6-11-19(13)27-20-21(31-18-9-4-15(25)5-10-18)23(30)28(22(20)29)17-7-2-14(24)3-8-17/h2-12,27H,1H3. The summed E-state index contributed by atoms with van der Waals surface area (Å²) in [6, 6.07) is 18.9. The summed E-state index contributed by atoms with van der Waals surface area (Å²) < 4.78 is 0. The number of anilines is 2. The summed E-state index contributed by atoms with van der Waals surface area (Å²) >= 11 is 19.2. The van der Waals surface area contributed by atoms with Crippen LogP contribution in [-0.4, -0.2) is 11.8 Å². The van der Waals surface area contributed by atoms with E-state index in [4.69, 9.17) is 34.8 Å². The normalized spacial score (nSPS) is 13.9. The van der Waals surface area contributed by atoms with Gasteiger partial charge in [0.05, 0.1) is 5.69 Å². The van der Waals surface area contributed by atoms with Gasteiger partial charge in [0.2, 0.25) is 0 Å². The summed E-state index contributed by atoms with van der Waals surface area (Å²) in [5, 5.41) is 4.84. The molecule has 31 heavy (non-hydrogen) atoms. The monoisotopic (exact) mass is 488 g/mol. The quantitative estimate of drug-likeness (QED) is 0.394. The van der Waals surface area contributed by atoms with Crippen LogP contribution in [0.2, 0.25) is 15.1 Å². The van der Waals surface area contributed by atoms with Crippen molar-refractivity contribution in [3.63, 3.8) is 0 Å². The Morgan fingerprint density at radius 3 is 1.97 bits per heavy atom. The van der Waals surface area contributed by atoms with Gasteiger partial charge in [0.15, 0.2) is 0 Å². The van der Waals surface area contributed by atoms with Gasteiger partial charge in [-0.05, 0) is 79.2 Å². The number of nitrogens with zero attached hydrogens (tertiary/aromatic N) is 1. The Morgan fingerprint density at radius 2 is 1.35 bits per heavy atom. The number of halogens is 3. The molecule has 3 aromatic rings. The van der Waals surface area contributed by atoms with E-state index in [-0.39, 0.29) is 10.6 Å². The lowest BCUT2D eigenvalue weighted by atomic mass is 10.2. The summed E-state index contributed by atoms with van der Waals surface area (Å²) in [7, 11) is 0. The third-order valence-electron chi connectivity index (χ3n) is 4.61. The van der Waals surface area contributed by atoms with Crippen LogP contribution in [0, 0.1) is 6.92 Å². The van der Waals surface area contributed by atoms with Crippen LogP contribution in [0.25, 0.3) is 0 Å². The molecule has 0 aliphatic carbocycles. The first-order chi connectivity index (χ1) is 14.8. The van der Waals surface area contributed by atoms with Crippen LogP contribution >= 0.6 is 46.6 Å². The Labute approximate surface area is 198 Å². The summed E-state index contributed by atoms with van der Waals surface area (Å²) in [6.07, 6.45) is 0. The number of carbonyl (C=O) groups excluding carboxylic acids is 2. The minimum atomic E-state index is -0.446. The number of amides is 2. The van der Waals surface area contributed by atoms with Crippen LogP contribution in [0.1, 0.15) is 5.56 Å². The lowest BCUT2D eigenvalue weighted by Gasteiger charge is -2.15. The van der Waals surface area contributed by atoms with Crippen molar-refractivity contribution in [1.29, 1.82) is 0 Å². The third-order valence-corrected chi connectivity index (χ3v) is 6.44. The first kappa shape index (κ1) is 21.8. The van der Waals surface area contributed by atoms with Gasteiger partial charge in [0, 0.05) is 25.7 Å². The molecule has 0 saturated heterocycles. The molecule has 0 aromatic heterocycles. The first-order valence-corrected chi connectivity index (χ1v) is 11.1. The molecule has 0 saturated carbocycles. The molecule has 1 aliphatic heterocycles. The lowest BCUT2D eigenvalue weighted by molar-refractivity contribution is -0.120. The number of carbonyl (C=O) groups is 2. The van der Waals surface area contributed by atoms with Gasteiger partial charge in [-0.2, -0.15) is 0 Å². The molecule has 3 aromatic carbocycles. The number of nitrogens with one attached hydrogen (secondary N) is 1. The second kappa shape index (κ2) is 8.97. The predicted molar refractivity (Wildman–Crippen MR) is 128 cm³/mol. The molecule has 4 rings (SSSR count). The molecule has 0 fully saturated rings. The molecule has 0 radical (unpaired) electrons. The van der Waals surface area contributed by atoms with E-state index in [1.165, 1.54) is 11.8 Å². The molecule has 1 heterocycles. The zero-order valence-electron chi connectivity index (χ0n) is 16.2. The van der Waals surface area contributed by atoms with Gasteiger partial charge in [0.25, 0.3) is 11.8 Å². The van der Waals surface area contributed by atoms with E-state index in [9.17, 15) is 9.59 Å². The van der Waals surface area contributed by atoms with E-state index < -0.39 is 11.8 Å². The van der Waals surface area contributed by atoms with Crippen LogP contribution in [0.15, 0.2) is 82.2 Å².